The highest BCUT2D eigenvalue weighted by molar-refractivity contribution is 8.18. The Hall–Kier alpha value is -3.51. The number of benzene rings is 3. The van der Waals surface area contributed by atoms with Gasteiger partial charge in [0.25, 0.3) is 11.1 Å². The molecular weight excluding hydrogens is 434 g/mol. The average Bonchev–Trinajstić information content (AvgIpc) is 3.07. The van der Waals surface area contributed by atoms with Crippen LogP contribution in [0.4, 0.5) is 4.79 Å². The van der Waals surface area contributed by atoms with Crippen molar-refractivity contribution in [3.63, 3.8) is 0 Å². The SMILES string of the molecule is C=CCc1cc(/C=C2/SC(=O)N(Cc3cccc4ccccc34)C2=O)cc(OCC)c1OC. The monoisotopic (exact) mass is 459 g/mol. The van der Waals surface area contributed by atoms with Gasteiger partial charge in [-0.2, -0.15) is 0 Å². The summed E-state index contributed by atoms with van der Waals surface area (Å²) in [6.07, 6.45) is 4.12. The molecule has 6 heteroatoms. The maximum Gasteiger partial charge on any atom is 0.293 e. The largest absolute Gasteiger partial charge is 0.493 e. The highest BCUT2D eigenvalue weighted by Crippen LogP contribution is 2.38. The van der Waals surface area contributed by atoms with E-state index in [0.29, 0.717) is 29.4 Å². The number of thioether (sulfide) groups is 1. The lowest BCUT2D eigenvalue weighted by molar-refractivity contribution is -0.123. The second-order valence-electron chi connectivity index (χ2n) is 7.54. The molecule has 0 N–H and O–H groups in total. The number of allylic oxidation sites excluding steroid dienone is 1. The number of amides is 2. The van der Waals surface area contributed by atoms with Crippen molar-refractivity contribution in [3.05, 3.63) is 88.8 Å². The zero-order chi connectivity index (χ0) is 23.4. The molecule has 5 nitrogen and oxygen atoms in total. The maximum atomic E-state index is 13.1. The van der Waals surface area contributed by atoms with Crippen LogP contribution in [0.5, 0.6) is 11.5 Å². The number of carbonyl (C=O) groups is 2. The van der Waals surface area contributed by atoms with Crippen molar-refractivity contribution in [2.75, 3.05) is 13.7 Å². The normalized spacial score (nSPS) is 14.8. The van der Waals surface area contributed by atoms with Crippen molar-refractivity contribution in [2.45, 2.75) is 19.9 Å². The summed E-state index contributed by atoms with van der Waals surface area (Å²) in [5.41, 5.74) is 2.61. The van der Waals surface area contributed by atoms with Gasteiger partial charge in [0.05, 0.1) is 25.2 Å². The van der Waals surface area contributed by atoms with Crippen LogP contribution in [-0.2, 0) is 17.8 Å². The minimum Gasteiger partial charge on any atom is -0.493 e. The van der Waals surface area contributed by atoms with Gasteiger partial charge in [-0.1, -0.05) is 48.5 Å². The van der Waals surface area contributed by atoms with Crippen molar-refractivity contribution in [1.82, 2.24) is 4.90 Å². The number of hydrogen-bond donors (Lipinski definition) is 0. The molecule has 1 aliphatic rings. The van der Waals surface area contributed by atoms with Gasteiger partial charge in [-0.05, 0) is 65.2 Å². The van der Waals surface area contributed by atoms with Crippen LogP contribution >= 0.6 is 11.8 Å². The van der Waals surface area contributed by atoms with E-state index in [4.69, 9.17) is 9.47 Å². The minimum absolute atomic E-state index is 0.234. The lowest BCUT2D eigenvalue weighted by Crippen LogP contribution is -2.27. The number of carbonyl (C=O) groups excluding carboxylic acids is 2. The molecular formula is C27H25NO4S. The van der Waals surface area contributed by atoms with Crippen molar-refractivity contribution < 1.29 is 19.1 Å². The zero-order valence-electron chi connectivity index (χ0n) is 18.7. The van der Waals surface area contributed by atoms with Crippen LogP contribution in [0.15, 0.2) is 72.2 Å². The molecule has 1 aliphatic heterocycles. The summed E-state index contributed by atoms with van der Waals surface area (Å²) in [5.74, 6) is 0.954. The molecule has 3 aromatic rings. The van der Waals surface area contributed by atoms with Gasteiger partial charge < -0.3 is 9.47 Å². The molecule has 2 amide bonds. The fourth-order valence-electron chi connectivity index (χ4n) is 3.96. The number of methoxy groups -OCH3 is 1. The summed E-state index contributed by atoms with van der Waals surface area (Å²) in [6.45, 7) is 6.43. The predicted molar refractivity (Wildman–Crippen MR) is 134 cm³/mol. The molecule has 0 atom stereocenters. The number of nitrogens with zero attached hydrogens (tertiary/aromatic N) is 1. The average molecular weight is 460 g/mol. The van der Waals surface area contributed by atoms with E-state index in [1.54, 1.807) is 19.3 Å². The van der Waals surface area contributed by atoms with E-state index < -0.39 is 0 Å². The van der Waals surface area contributed by atoms with E-state index in [1.807, 2.05) is 61.5 Å². The lowest BCUT2D eigenvalue weighted by Gasteiger charge is -2.15. The summed E-state index contributed by atoms with van der Waals surface area (Å²) in [7, 11) is 1.60. The third-order valence-electron chi connectivity index (χ3n) is 5.40. The summed E-state index contributed by atoms with van der Waals surface area (Å²) in [5, 5.41) is 1.84. The number of imide groups is 1. The highest BCUT2D eigenvalue weighted by Gasteiger charge is 2.35. The summed E-state index contributed by atoms with van der Waals surface area (Å²) in [6, 6.07) is 17.6. The molecule has 168 valence electrons. The molecule has 1 fully saturated rings. The van der Waals surface area contributed by atoms with E-state index >= 15 is 0 Å². The first kappa shape index (κ1) is 22.7. The molecule has 4 rings (SSSR count). The first-order valence-electron chi connectivity index (χ1n) is 10.7. The van der Waals surface area contributed by atoms with Gasteiger partial charge >= 0.3 is 0 Å². The summed E-state index contributed by atoms with van der Waals surface area (Å²) >= 11 is 0.956. The predicted octanol–water partition coefficient (Wildman–Crippen LogP) is 6.21. The minimum atomic E-state index is -0.294. The standard InChI is InChI=1S/C27H25NO4S/c1-4-9-20-14-18(15-23(32-5-2)25(20)31-3)16-24-26(29)28(27(30)33-24)17-21-12-8-11-19-10-6-7-13-22(19)21/h4,6-8,10-16H,1,5,9,17H2,2-3H3/b24-16+. The molecule has 0 unspecified atom stereocenters. The van der Waals surface area contributed by atoms with Crippen LogP contribution < -0.4 is 9.47 Å². The molecule has 33 heavy (non-hydrogen) atoms. The van der Waals surface area contributed by atoms with Crippen LogP contribution in [0.3, 0.4) is 0 Å². The van der Waals surface area contributed by atoms with Crippen molar-refractivity contribution in [1.29, 1.82) is 0 Å². The lowest BCUT2D eigenvalue weighted by atomic mass is 10.0. The Morgan fingerprint density at radius 1 is 1.06 bits per heavy atom. The molecule has 1 saturated heterocycles. The number of rotatable bonds is 8. The summed E-state index contributed by atoms with van der Waals surface area (Å²) < 4.78 is 11.3. The quantitative estimate of drug-likeness (QED) is 0.296. The number of hydrogen-bond acceptors (Lipinski definition) is 5. The molecule has 1 heterocycles. The van der Waals surface area contributed by atoms with E-state index in [0.717, 1.165) is 39.2 Å². The maximum absolute atomic E-state index is 13.1. The highest BCUT2D eigenvalue weighted by atomic mass is 32.2. The van der Waals surface area contributed by atoms with Gasteiger partial charge in [0.2, 0.25) is 0 Å². The molecule has 0 aliphatic carbocycles. The Labute approximate surface area is 197 Å². The van der Waals surface area contributed by atoms with Gasteiger partial charge in [0.15, 0.2) is 11.5 Å². The van der Waals surface area contributed by atoms with E-state index in [1.165, 1.54) is 4.90 Å². The van der Waals surface area contributed by atoms with Gasteiger partial charge in [-0.3, -0.25) is 14.5 Å². The van der Waals surface area contributed by atoms with Crippen LogP contribution in [0.25, 0.3) is 16.8 Å². The second-order valence-corrected chi connectivity index (χ2v) is 8.54. The Bertz CT molecular complexity index is 1260. The third kappa shape index (κ3) is 4.66. The van der Waals surface area contributed by atoms with Gasteiger partial charge in [0, 0.05) is 5.56 Å². The smallest absolute Gasteiger partial charge is 0.293 e. The van der Waals surface area contributed by atoms with Gasteiger partial charge in [-0.15, -0.1) is 6.58 Å². The van der Waals surface area contributed by atoms with Crippen LogP contribution in [0.1, 0.15) is 23.6 Å². The molecule has 0 radical (unpaired) electrons. The second kappa shape index (κ2) is 9.96. The molecule has 0 bridgehead atoms. The van der Waals surface area contributed by atoms with E-state index in [-0.39, 0.29) is 17.7 Å². The zero-order valence-corrected chi connectivity index (χ0v) is 19.5. The topological polar surface area (TPSA) is 55.8 Å². The fraction of sp³-hybridized carbons (Fsp3) is 0.185. The molecule has 0 aromatic heterocycles. The summed E-state index contributed by atoms with van der Waals surface area (Å²) in [4.78, 5) is 27.6. The Kier molecular flexibility index (Phi) is 6.84. The van der Waals surface area contributed by atoms with Crippen LogP contribution in [-0.4, -0.2) is 29.8 Å². The van der Waals surface area contributed by atoms with Crippen LogP contribution in [0, 0.1) is 0 Å². The number of ether oxygens (including phenoxy) is 2. The molecule has 0 spiro atoms. The number of fused-ring (bicyclic) bond motifs is 1. The Balaban J connectivity index is 1.65. The molecule has 3 aromatic carbocycles. The van der Waals surface area contributed by atoms with Crippen molar-refractivity contribution in [2.24, 2.45) is 0 Å². The van der Waals surface area contributed by atoms with E-state index in [9.17, 15) is 9.59 Å². The fourth-order valence-corrected chi connectivity index (χ4v) is 4.80. The van der Waals surface area contributed by atoms with Gasteiger partial charge in [-0.25, -0.2) is 0 Å². The first-order chi connectivity index (χ1) is 16.0. The first-order valence-corrected chi connectivity index (χ1v) is 11.5. The Morgan fingerprint density at radius 3 is 2.61 bits per heavy atom. The molecule has 0 saturated carbocycles. The van der Waals surface area contributed by atoms with Gasteiger partial charge in [0.1, 0.15) is 0 Å². The Morgan fingerprint density at radius 2 is 1.85 bits per heavy atom. The van der Waals surface area contributed by atoms with Crippen LogP contribution in [0.2, 0.25) is 0 Å². The van der Waals surface area contributed by atoms with Crippen molar-refractivity contribution >= 4 is 39.8 Å². The van der Waals surface area contributed by atoms with Crippen molar-refractivity contribution in [3.8, 4) is 11.5 Å². The van der Waals surface area contributed by atoms with E-state index in [2.05, 4.69) is 6.58 Å². The third-order valence-corrected chi connectivity index (χ3v) is 6.31.